The maximum absolute atomic E-state index is 13.7. The van der Waals surface area contributed by atoms with Crippen LogP contribution in [0, 0.1) is 5.92 Å². The zero-order chi connectivity index (χ0) is 25.5. The number of benzene rings is 2. The van der Waals surface area contributed by atoms with Crippen LogP contribution in [0.15, 0.2) is 73.4 Å². The van der Waals surface area contributed by atoms with Crippen LogP contribution >= 0.6 is 11.6 Å². The number of carbonyl (C=O) groups excluding carboxylic acids is 1. The van der Waals surface area contributed by atoms with Crippen LogP contribution in [0.1, 0.15) is 54.7 Å². The molecule has 4 nitrogen and oxygen atoms in total. The molecule has 0 aliphatic carbocycles. The van der Waals surface area contributed by atoms with Crippen LogP contribution in [0.2, 0.25) is 5.02 Å². The number of pyridine rings is 1. The molecule has 1 fully saturated rings. The standard InChI is InChI=1S/C31H36ClN3O/c1-4-24-10-13-30(33-21-24)31(36)35(29-15-18-34(19-16-29)17-14-23(2)3)22-25-8-11-26(12-9-25)27-6-5-7-28(32)20-27/h4-13,20-21,23,29H,1,14-19,22H2,2-3H3. The highest BCUT2D eigenvalue weighted by Gasteiger charge is 2.29. The van der Waals surface area contributed by atoms with Crippen molar-refractivity contribution in [2.24, 2.45) is 5.92 Å². The van der Waals surface area contributed by atoms with Gasteiger partial charge in [-0.25, -0.2) is 0 Å². The van der Waals surface area contributed by atoms with Crippen molar-refractivity contribution in [2.45, 2.75) is 45.7 Å². The van der Waals surface area contributed by atoms with Crippen LogP contribution in [0.5, 0.6) is 0 Å². The van der Waals surface area contributed by atoms with Gasteiger partial charge in [0.15, 0.2) is 0 Å². The summed E-state index contributed by atoms with van der Waals surface area (Å²) in [4.78, 5) is 22.7. The van der Waals surface area contributed by atoms with Gasteiger partial charge >= 0.3 is 0 Å². The minimum absolute atomic E-state index is 0.00911. The predicted molar refractivity (Wildman–Crippen MR) is 150 cm³/mol. The van der Waals surface area contributed by atoms with Gasteiger partial charge in [-0.05, 0) is 72.2 Å². The highest BCUT2D eigenvalue weighted by Crippen LogP contribution is 2.25. The second-order valence-corrected chi connectivity index (χ2v) is 10.5. The van der Waals surface area contributed by atoms with Crippen LogP contribution < -0.4 is 0 Å². The number of rotatable bonds is 9. The maximum atomic E-state index is 13.7. The SMILES string of the molecule is C=Cc1ccc(C(=O)N(Cc2ccc(-c3cccc(Cl)c3)cc2)C2CCN(CCC(C)C)CC2)nc1. The smallest absolute Gasteiger partial charge is 0.272 e. The third kappa shape index (κ3) is 6.83. The highest BCUT2D eigenvalue weighted by molar-refractivity contribution is 6.30. The van der Waals surface area contributed by atoms with Gasteiger partial charge < -0.3 is 9.80 Å². The van der Waals surface area contributed by atoms with Gasteiger partial charge in [0, 0.05) is 36.9 Å². The quantitative estimate of drug-likeness (QED) is 0.311. The van der Waals surface area contributed by atoms with Gasteiger partial charge in [0.1, 0.15) is 5.69 Å². The molecule has 0 N–H and O–H groups in total. The van der Waals surface area contributed by atoms with Crippen molar-refractivity contribution in [3.05, 3.63) is 95.3 Å². The maximum Gasteiger partial charge on any atom is 0.272 e. The van der Waals surface area contributed by atoms with E-state index in [1.54, 1.807) is 12.3 Å². The minimum Gasteiger partial charge on any atom is -0.330 e. The summed E-state index contributed by atoms with van der Waals surface area (Å²) in [6, 6.07) is 20.2. The Labute approximate surface area is 220 Å². The summed E-state index contributed by atoms with van der Waals surface area (Å²) < 4.78 is 0. The molecule has 36 heavy (non-hydrogen) atoms. The predicted octanol–water partition coefficient (Wildman–Crippen LogP) is 7.20. The fraction of sp³-hybridized carbons (Fsp3) is 0.355. The van der Waals surface area contributed by atoms with Crippen molar-refractivity contribution < 1.29 is 4.79 Å². The summed E-state index contributed by atoms with van der Waals surface area (Å²) in [5.74, 6) is 0.699. The average Bonchev–Trinajstić information content (AvgIpc) is 2.91. The van der Waals surface area contributed by atoms with Crippen molar-refractivity contribution in [3.8, 4) is 11.1 Å². The molecule has 1 saturated heterocycles. The largest absolute Gasteiger partial charge is 0.330 e. The van der Waals surface area contributed by atoms with Crippen LogP contribution in [-0.2, 0) is 6.54 Å². The van der Waals surface area contributed by atoms with Crippen LogP contribution in [0.25, 0.3) is 17.2 Å². The van der Waals surface area contributed by atoms with Crippen molar-refractivity contribution in [3.63, 3.8) is 0 Å². The number of halogens is 1. The van der Waals surface area contributed by atoms with E-state index in [4.69, 9.17) is 11.6 Å². The second-order valence-electron chi connectivity index (χ2n) is 10.1. The molecule has 1 aromatic heterocycles. The number of hydrogen-bond acceptors (Lipinski definition) is 3. The molecule has 188 valence electrons. The monoisotopic (exact) mass is 501 g/mol. The Morgan fingerprint density at radius 3 is 2.47 bits per heavy atom. The third-order valence-corrected chi connectivity index (χ3v) is 7.22. The molecule has 0 atom stereocenters. The first-order chi connectivity index (χ1) is 17.4. The molecule has 5 heteroatoms. The summed E-state index contributed by atoms with van der Waals surface area (Å²) in [6.45, 7) is 12.1. The zero-order valence-corrected chi connectivity index (χ0v) is 22.1. The molecule has 0 bridgehead atoms. The molecule has 0 unspecified atom stereocenters. The lowest BCUT2D eigenvalue weighted by molar-refractivity contribution is 0.0540. The van der Waals surface area contributed by atoms with Gasteiger partial charge in [0.2, 0.25) is 0 Å². The summed E-state index contributed by atoms with van der Waals surface area (Å²) in [6.07, 6.45) is 6.64. The van der Waals surface area contributed by atoms with E-state index < -0.39 is 0 Å². The Bertz CT molecular complexity index is 1150. The molecule has 0 radical (unpaired) electrons. The Morgan fingerprint density at radius 1 is 1.11 bits per heavy atom. The summed E-state index contributed by atoms with van der Waals surface area (Å²) in [5, 5.41) is 0.725. The van der Waals surface area contributed by atoms with Crippen LogP contribution in [-0.4, -0.2) is 46.4 Å². The number of aromatic nitrogens is 1. The van der Waals surface area contributed by atoms with Gasteiger partial charge in [-0.3, -0.25) is 9.78 Å². The lowest BCUT2D eigenvalue weighted by Crippen LogP contribution is -2.47. The van der Waals surface area contributed by atoms with E-state index in [9.17, 15) is 4.79 Å². The number of likely N-dealkylation sites (tertiary alicyclic amines) is 1. The minimum atomic E-state index is -0.00911. The molecule has 1 aliphatic rings. The topological polar surface area (TPSA) is 36.4 Å². The van der Waals surface area contributed by atoms with Crippen molar-refractivity contribution >= 4 is 23.6 Å². The first-order valence-electron chi connectivity index (χ1n) is 12.9. The van der Waals surface area contributed by atoms with Crippen molar-refractivity contribution in [1.29, 1.82) is 0 Å². The average molecular weight is 502 g/mol. The van der Waals surface area contributed by atoms with E-state index in [1.807, 2.05) is 35.2 Å². The first kappa shape index (κ1) is 26.1. The van der Waals surface area contributed by atoms with E-state index in [0.717, 1.165) is 59.8 Å². The lowest BCUT2D eigenvalue weighted by atomic mass is 9.99. The molecular formula is C31H36ClN3O. The van der Waals surface area contributed by atoms with Crippen molar-refractivity contribution in [2.75, 3.05) is 19.6 Å². The zero-order valence-electron chi connectivity index (χ0n) is 21.4. The number of piperidine rings is 1. The summed E-state index contributed by atoms with van der Waals surface area (Å²) in [7, 11) is 0. The summed E-state index contributed by atoms with van der Waals surface area (Å²) >= 11 is 6.18. The molecule has 0 saturated carbocycles. The Balaban J connectivity index is 1.51. The first-order valence-corrected chi connectivity index (χ1v) is 13.3. The molecule has 0 spiro atoms. The van der Waals surface area contributed by atoms with Crippen molar-refractivity contribution in [1.82, 2.24) is 14.8 Å². The second kappa shape index (κ2) is 12.3. The fourth-order valence-electron chi connectivity index (χ4n) is 4.73. The van der Waals surface area contributed by atoms with Crippen LogP contribution in [0.4, 0.5) is 0 Å². The van der Waals surface area contributed by atoms with Crippen LogP contribution in [0.3, 0.4) is 0 Å². The third-order valence-electron chi connectivity index (χ3n) is 6.99. The van der Waals surface area contributed by atoms with E-state index in [0.29, 0.717) is 18.2 Å². The lowest BCUT2D eigenvalue weighted by Gasteiger charge is -2.38. The van der Waals surface area contributed by atoms with Gasteiger partial charge in [0.25, 0.3) is 5.91 Å². The Hall–Kier alpha value is -2.95. The molecule has 1 aliphatic heterocycles. The normalized spacial score (nSPS) is 14.7. The van der Waals surface area contributed by atoms with E-state index in [2.05, 4.69) is 60.6 Å². The molecule has 2 heterocycles. The molecule has 1 amide bonds. The summed E-state index contributed by atoms with van der Waals surface area (Å²) in [5.41, 5.74) is 4.70. The molecule has 4 rings (SSSR count). The number of carbonyl (C=O) groups is 1. The van der Waals surface area contributed by atoms with E-state index in [-0.39, 0.29) is 11.9 Å². The van der Waals surface area contributed by atoms with E-state index >= 15 is 0 Å². The Morgan fingerprint density at radius 2 is 1.86 bits per heavy atom. The fourth-order valence-corrected chi connectivity index (χ4v) is 4.92. The van der Waals surface area contributed by atoms with Gasteiger partial charge in [0.05, 0.1) is 0 Å². The van der Waals surface area contributed by atoms with Gasteiger partial charge in [-0.1, -0.05) is 80.6 Å². The number of hydrogen-bond donors (Lipinski definition) is 0. The van der Waals surface area contributed by atoms with Gasteiger partial charge in [-0.15, -0.1) is 0 Å². The molecule has 2 aromatic carbocycles. The highest BCUT2D eigenvalue weighted by atomic mass is 35.5. The number of amides is 1. The molecule has 3 aromatic rings. The van der Waals surface area contributed by atoms with E-state index in [1.165, 1.54) is 6.42 Å². The van der Waals surface area contributed by atoms with Gasteiger partial charge in [-0.2, -0.15) is 0 Å². The Kier molecular flexibility index (Phi) is 8.95. The molecular weight excluding hydrogens is 466 g/mol. The number of nitrogens with zero attached hydrogens (tertiary/aromatic N) is 3.